The van der Waals surface area contributed by atoms with E-state index < -0.39 is 6.29 Å². The third kappa shape index (κ3) is 8.72. The number of hydrogen-bond donors (Lipinski definition) is 1. The van der Waals surface area contributed by atoms with E-state index in [1.807, 2.05) is 6.92 Å². The summed E-state index contributed by atoms with van der Waals surface area (Å²) in [6, 6.07) is 0. The summed E-state index contributed by atoms with van der Waals surface area (Å²) in [5.41, 5.74) is 1.49. The van der Waals surface area contributed by atoms with Crippen molar-refractivity contribution in [1.82, 2.24) is 0 Å². The summed E-state index contributed by atoms with van der Waals surface area (Å²) in [6.07, 6.45) is 1.99. The Bertz CT molecular complexity index is 269. The van der Waals surface area contributed by atoms with Crippen LogP contribution in [0.2, 0.25) is 0 Å². The van der Waals surface area contributed by atoms with Gasteiger partial charge in [0.05, 0.1) is 13.2 Å². The second-order valence-corrected chi connectivity index (χ2v) is 4.18. The van der Waals surface area contributed by atoms with Gasteiger partial charge in [-0.1, -0.05) is 19.7 Å². The Labute approximate surface area is 104 Å². The van der Waals surface area contributed by atoms with Crippen molar-refractivity contribution in [2.24, 2.45) is 0 Å². The Morgan fingerprint density at radius 1 is 1.06 bits per heavy atom. The smallest absolute Gasteiger partial charge is 0.176 e. The lowest BCUT2D eigenvalue weighted by atomic mass is 10.2. The van der Waals surface area contributed by atoms with Gasteiger partial charge < -0.3 is 14.6 Å². The number of allylic oxidation sites excluding steroid dienone is 1. The van der Waals surface area contributed by atoms with E-state index in [1.54, 1.807) is 6.92 Å². The molecule has 3 nitrogen and oxygen atoms in total. The largest absolute Gasteiger partial charge is 0.494 e. The first-order valence-electron chi connectivity index (χ1n) is 5.87. The van der Waals surface area contributed by atoms with Gasteiger partial charge in [-0.05, 0) is 44.3 Å². The summed E-state index contributed by atoms with van der Waals surface area (Å²) in [5.74, 6) is 0.652. The molecule has 0 aromatic carbocycles. The Morgan fingerprint density at radius 3 is 2.18 bits per heavy atom. The van der Waals surface area contributed by atoms with Gasteiger partial charge in [0.2, 0.25) is 0 Å². The van der Waals surface area contributed by atoms with Crippen molar-refractivity contribution in [3.8, 4) is 0 Å². The fourth-order valence-electron chi connectivity index (χ4n) is 1.04. The van der Waals surface area contributed by atoms with Crippen LogP contribution in [0.5, 0.6) is 0 Å². The van der Waals surface area contributed by atoms with Crippen LogP contribution in [0.1, 0.15) is 33.1 Å². The number of aliphatic hydroxyl groups is 1. The van der Waals surface area contributed by atoms with Gasteiger partial charge in [-0.3, -0.25) is 0 Å². The maximum atomic E-state index is 9.30. The molecule has 17 heavy (non-hydrogen) atoms. The zero-order valence-corrected chi connectivity index (χ0v) is 11.0. The number of unbranched alkanes of at least 4 members (excludes halogenated alkanes) is 2. The van der Waals surface area contributed by atoms with Crippen molar-refractivity contribution in [3.05, 3.63) is 36.6 Å². The van der Waals surface area contributed by atoms with Crippen LogP contribution in [0.15, 0.2) is 36.6 Å². The lowest BCUT2D eigenvalue weighted by molar-refractivity contribution is -0.0729. The van der Waals surface area contributed by atoms with Crippen molar-refractivity contribution in [2.75, 3.05) is 13.2 Å². The van der Waals surface area contributed by atoms with E-state index in [-0.39, 0.29) is 0 Å². The highest BCUT2D eigenvalue weighted by molar-refractivity contribution is 5.15. The van der Waals surface area contributed by atoms with E-state index in [1.165, 1.54) is 0 Å². The molecule has 1 unspecified atom stereocenters. The fraction of sp³-hybridized carbons (Fsp3) is 0.571. The SMILES string of the molecule is C=C(C)C(=C)OCCCCCOC(O)C(=C)C. The summed E-state index contributed by atoms with van der Waals surface area (Å²) in [5, 5.41) is 9.30. The minimum absolute atomic E-state index is 0.537. The standard InChI is InChI=1S/C14H24O3/c1-11(2)13(5)16-9-7-6-8-10-17-14(15)12(3)4/h14-15H,1,3,5-10H2,2,4H3. The summed E-state index contributed by atoms with van der Waals surface area (Å²) < 4.78 is 10.5. The molecule has 0 amide bonds. The van der Waals surface area contributed by atoms with Crippen molar-refractivity contribution in [2.45, 2.75) is 39.4 Å². The first-order chi connectivity index (χ1) is 7.95. The van der Waals surface area contributed by atoms with Gasteiger partial charge in [-0.25, -0.2) is 0 Å². The average Bonchev–Trinajstić information content (AvgIpc) is 2.26. The highest BCUT2D eigenvalue weighted by Gasteiger charge is 2.03. The predicted octanol–water partition coefficient (Wildman–Crippen LogP) is 3.17. The van der Waals surface area contributed by atoms with Crippen LogP contribution in [-0.2, 0) is 9.47 Å². The van der Waals surface area contributed by atoms with Gasteiger partial charge >= 0.3 is 0 Å². The fourth-order valence-corrected chi connectivity index (χ4v) is 1.04. The second-order valence-electron chi connectivity index (χ2n) is 4.18. The van der Waals surface area contributed by atoms with E-state index in [9.17, 15) is 5.11 Å². The predicted molar refractivity (Wildman–Crippen MR) is 70.5 cm³/mol. The molecule has 0 aromatic rings. The molecule has 0 saturated heterocycles. The minimum atomic E-state index is -0.838. The van der Waals surface area contributed by atoms with Crippen molar-refractivity contribution in [3.63, 3.8) is 0 Å². The number of hydrogen-bond acceptors (Lipinski definition) is 3. The quantitative estimate of drug-likeness (QED) is 0.209. The third-order valence-corrected chi connectivity index (χ3v) is 2.24. The zero-order chi connectivity index (χ0) is 13.3. The van der Waals surface area contributed by atoms with Gasteiger partial charge in [0.1, 0.15) is 5.76 Å². The van der Waals surface area contributed by atoms with E-state index >= 15 is 0 Å². The van der Waals surface area contributed by atoms with Crippen LogP contribution in [0.3, 0.4) is 0 Å². The van der Waals surface area contributed by atoms with Gasteiger partial charge in [-0.2, -0.15) is 0 Å². The van der Waals surface area contributed by atoms with E-state index in [2.05, 4.69) is 19.7 Å². The molecule has 0 radical (unpaired) electrons. The lowest BCUT2D eigenvalue weighted by Gasteiger charge is -2.11. The summed E-state index contributed by atoms with van der Waals surface area (Å²) in [7, 11) is 0. The van der Waals surface area contributed by atoms with Gasteiger partial charge in [0, 0.05) is 0 Å². The highest BCUT2D eigenvalue weighted by atomic mass is 16.6. The lowest BCUT2D eigenvalue weighted by Crippen LogP contribution is -2.13. The van der Waals surface area contributed by atoms with Gasteiger partial charge in [0.25, 0.3) is 0 Å². The third-order valence-electron chi connectivity index (χ3n) is 2.24. The molecular formula is C14H24O3. The van der Waals surface area contributed by atoms with E-state index in [0.29, 0.717) is 24.5 Å². The Hall–Kier alpha value is -1.06. The summed E-state index contributed by atoms with van der Waals surface area (Å²) in [6.45, 7) is 15.9. The van der Waals surface area contributed by atoms with Crippen molar-refractivity contribution >= 4 is 0 Å². The van der Waals surface area contributed by atoms with Crippen molar-refractivity contribution in [1.29, 1.82) is 0 Å². The number of aliphatic hydroxyl groups excluding tert-OH is 1. The molecule has 0 aliphatic heterocycles. The molecule has 0 aromatic heterocycles. The monoisotopic (exact) mass is 240 g/mol. The molecule has 98 valence electrons. The first-order valence-corrected chi connectivity index (χ1v) is 5.87. The minimum Gasteiger partial charge on any atom is -0.494 e. The molecule has 0 aliphatic rings. The second kappa shape index (κ2) is 9.02. The number of rotatable bonds is 10. The molecule has 3 heteroatoms. The Morgan fingerprint density at radius 2 is 1.65 bits per heavy atom. The van der Waals surface area contributed by atoms with Gasteiger partial charge in [0.15, 0.2) is 6.29 Å². The topological polar surface area (TPSA) is 38.7 Å². The Balaban J connectivity index is 3.33. The maximum absolute atomic E-state index is 9.30. The van der Waals surface area contributed by atoms with E-state index in [0.717, 1.165) is 24.8 Å². The van der Waals surface area contributed by atoms with Crippen molar-refractivity contribution < 1.29 is 14.6 Å². The summed E-state index contributed by atoms with van der Waals surface area (Å²) in [4.78, 5) is 0. The van der Waals surface area contributed by atoms with Crippen LogP contribution >= 0.6 is 0 Å². The molecule has 0 aliphatic carbocycles. The summed E-state index contributed by atoms with van der Waals surface area (Å²) >= 11 is 0. The molecule has 0 fully saturated rings. The van der Waals surface area contributed by atoms with E-state index in [4.69, 9.17) is 9.47 Å². The molecule has 0 rings (SSSR count). The number of ether oxygens (including phenoxy) is 2. The molecule has 0 spiro atoms. The Kier molecular flexibility index (Phi) is 8.46. The molecule has 0 bridgehead atoms. The zero-order valence-electron chi connectivity index (χ0n) is 11.0. The first kappa shape index (κ1) is 15.9. The van der Waals surface area contributed by atoms with Crippen LogP contribution in [-0.4, -0.2) is 24.6 Å². The molecule has 0 saturated carbocycles. The average molecular weight is 240 g/mol. The molecule has 0 heterocycles. The van der Waals surface area contributed by atoms with Crippen LogP contribution in [0, 0.1) is 0 Å². The normalized spacial score (nSPS) is 11.9. The van der Waals surface area contributed by atoms with Crippen LogP contribution in [0.4, 0.5) is 0 Å². The molecular weight excluding hydrogens is 216 g/mol. The molecule has 1 N–H and O–H groups in total. The highest BCUT2D eigenvalue weighted by Crippen LogP contribution is 2.07. The van der Waals surface area contributed by atoms with Gasteiger partial charge in [-0.15, -0.1) is 0 Å². The van der Waals surface area contributed by atoms with Crippen LogP contribution < -0.4 is 0 Å². The molecule has 1 atom stereocenters. The maximum Gasteiger partial charge on any atom is 0.176 e. The van der Waals surface area contributed by atoms with Crippen LogP contribution in [0.25, 0.3) is 0 Å².